The topological polar surface area (TPSA) is 79.0 Å². The molecule has 2 amide bonds. The van der Waals surface area contributed by atoms with E-state index in [4.69, 9.17) is 4.74 Å². The van der Waals surface area contributed by atoms with E-state index in [0.29, 0.717) is 13.2 Å². The van der Waals surface area contributed by atoms with Gasteiger partial charge in [-0.1, -0.05) is 18.2 Å². The minimum absolute atomic E-state index is 0.0123. The Labute approximate surface area is 116 Å². The molecule has 0 radical (unpaired) electrons. The number of carbonyl (C=O) groups is 1. The van der Waals surface area contributed by atoms with Crippen LogP contribution in [0.1, 0.15) is 23.7 Å². The molecular formula is C14H16N4O2. The van der Waals surface area contributed by atoms with Crippen molar-refractivity contribution >= 4 is 6.03 Å². The van der Waals surface area contributed by atoms with Crippen molar-refractivity contribution in [3.63, 3.8) is 0 Å². The molecule has 6 heteroatoms. The summed E-state index contributed by atoms with van der Waals surface area (Å²) in [4.78, 5) is 11.9. The highest BCUT2D eigenvalue weighted by Gasteiger charge is 2.22. The van der Waals surface area contributed by atoms with E-state index in [1.165, 1.54) is 0 Å². The highest BCUT2D eigenvalue weighted by atomic mass is 16.5. The third-order valence-corrected chi connectivity index (χ3v) is 3.26. The molecule has 0 unspecified atom stereocenters. The van der Waals surface area contributed by atoms with Crippen molar-refractivity contribution in [2.45, 2.75) is 19.0 Å². The molecular weight excluding hydrogens is 256 g/mol. The van der Waals surface area contributed by atoms with Crippen LogP contribution in [0.15, 0.2) is 36.5 Å². The van der Waals surface area contributed by atoms with Gasteiger partial charge < -0.3 is 15.4 Å². The van der Waals surface area contributed by atoms with Gasteiger partial charge in [-0.15, -0.1) is 0 Å². The van der Waals surface area contributed by atoms with Crippen molar-refractivity contribution in [1.82, 2.24) is 20.8 Å². The first-order chi connectivity index (χ1) is 9.83. The Hall–Kier alpha value is -2.50. The molecule has 1 aliphatic heterocycles. The Morgan fingerprint density at radius 1 is 1.40 bits per heavy atom. The fraction of sp³-hybridized carbons (Fsp3) is 0.286. The number of para-hydroxylation sites is 1. The van der Waals surface area contributed by atoms with Crippen molar-refractivity contribution in [3.8, 4) is 5.75 Å². The van der Waals surface area contributed by atoms with Crippen LogP contribution in [0.4, 0.5) is 4.79 Å². The Bertz CT molecular complexity index is 583. The second kappa shape index (κ2) is 5.64. The van der Waals surface area contributed by atoms with Crippen molar-refractivity contribution < 1.29 is 9.53 Å². The molecule has 2 heterocycles. The number of rotatable bonds is 3. The Balaban J connectivity index is 1.59. The van der Waals surface area contributed by atoms with Crippen LogP contribution in [0.25, 0.3) is 0 Å². The largest absolute Gasteiger partial charge is 0.493 e. The lowest BCUT2D eigenvalue weighted by Gasteiger charge is -2.26. The van der Waals surface area contributed by atoms with Gasteiger partial charge in [0.25, 0.3) is 0 Å². The van der Waals surface area contributed by atoms with Gasteiger partial charge in [0.15, 0.2) is 0 Å². The fourth-order valence-electron chi connectivity index (χ4n) is 2.26. The zero-order valence-corrected chi connectivity index (χ0v) is 10.9. The summed E-state index contributed by atoms with van der Waals surface area (Å²) < 4.78 is 5.57. The second-order valence-corrected chi connectivity index (χ2v) is 4.64. The number of urea groups is 1. The SMILES string of the molecule is O=C(NCc1ccn[nH]1)N[C@H]1CCOc2ccccc21. The number of aromatic amines is 1. The maximum absolute atomic E-state index is 11.9. The normalized spacial score (nSPS) is 16.9. The molecule has 0 saturated heterocycles. The quantitative estimate of drug-likeness (QED) is 0.796. The molecule has 1 aliphatic rings. The van der Waals surface area contributed by atoms with E-state index in [1.54, 1.807) is 6.20 Å². The highest BCUT2D eigenvalue weighted by molar-refractivity contribution is 5.74. The molecule has 1 aromatic carbocycles. The lowest BCUT2D eigenvalue weighted by atomic mass is 10.0. The maximum atomic E-state index is 11.9. The molecule has 0 aliphatic carbocycles. The molecule has 104 valence electrons. The molecule has 6 nitrogen and oxygen atoms in total. The van der Waals surface area contributed by atoms with Crippen LogP contribution < -0.4 is 15.4 Å². The van der Waals surface area contributed by atoms with Crippen LogP contribution in [0.3, 0.4) is 0 Å². The lowest BCUT2D eigenvalue weighted by Crippen LogP contribution is -2.39. The molecule has 0 bridgehead atoms. The lowest BCUT2D eigenvalue weighted by molar-refractivity contribution is 0.223. The fourth-order valence-corrected chi connectivity index (χ4v) is 2.26. The molecule has 1 aromatic heterocycles. The molecule has 1 atom stereocenters. The van der Waals surface area contributed by atoms with E-state index in [2.05, 4.69) is 20.8 Å². The number of fused-ring (bicyclic) bond motifs is 1. The van der Waals surface area contributed by atoms with Gasteiger partial charge in [0.1, 0.15) is 5.75 Å². The average Bonchev–Trinajstić information content (AvgIpc) is 2.99. The van der Waals surface area contributed by atoms with Crippen LogP contribution in [-0.2, 0) is 6.54 Å². The first kappa shape index (κ1) is 12.5. The minimum Gasteiger partial charge on any atom is -0.493 e. The summed E-state index contributed by atoms with van der Waals surface area (Å²) >= 11 is 0. The summed E-state index contributed by atoms with van der Waals surface area (Å²) in [6.07, 6.45) is 2.43. The number of hydrogen-bond acceptors (Lipinski definition) is 3. The van der Waals surface area contributed by atoms with Crippen LogP contribution in [0, 0.1) is 0 Å². The average molecular weight is 272 g/mol. The van der Waals surface area contributed by atoms with Gasteiger partial charge in [-0.25, -0.2) is 4.79 Å². The Kier molecular flexibility index (Phi) is 3.54. The zero-order chi connectivity index (χ0) is 13.8. The van der Waals surface area contributed by atoms with Crippen molar-refractivity contribution in [2.75, 3.05) is 6.61 Å². The number of amides is 2. The van der Waals surface area contributed by atoms with Gasteiger partial charge in [-0.05, 0) is 12.1 Å². The summed E-state index contributed by atoms with van der Waals surface area (Å²) in [6.45, 7) is 1.04. The molecule has 0 saturated carbocycles. The molecule has 0 fully saturated rings. The number of H-pyrrole nitrogens is 1. The molecule has 3 N–H and O–H groups in total. The number of aromatic nitrogens is 2. The predicted molar refractivity (Wildman–Crippen MR) is 73.3 cm³/mol. The van der Waals surface area contributed by atoms with Gasteiger partial charge >= 0.3 is 6.03 Å². The van der Waals surface area contributed by atoms with E-state index in [9.17, 15) is 4.79 Å². The van der Waals surface area contributed by atoms with Crippen molar-refractivity contribution in [2.24, 2.45) is 0 Å². The second-order valence-electron chi connectivity index (χ2n) is 4.64. The highest BCUT2D eigenvalue weighted by Crippen LogP contribution is 2.31. The van der Waals surface area contributed by atoms with E-state index >= 15 is 0 Å². The van der Waals surface area contributed by atoms with E-state index in [1.807, 2.05) is 30.3 Å². The van der Waals surface area contributed by atoms with E-state index in [0.717, 1.165) is 23.4 Å². The monoisotopic (exact) mass is 272 g/mol. The van der Waals surface area contributed by atoms with Crippen LogP contribution in [0.5, 0.6) is 5.75 Å². The first-order valence-corrected chi connectivity index (χ1v) is 6.57. The third-order valence-electron chi connectivity index (χ3n) is 3.26. The van der Waals surface area contributed by atoms with Crippen LogP contribution in [0.2, 0.25) is 0 Å². The third kappa shape index (κ3) is 2.74. The summed E-state index contributed by atoms with van der Waals surface area (Å²) in [5.74, 6) is 0.845. The molecule has 20 heavy (non-hydrogen) atoms. The van der Waals surface area contributed by atoms with E-state index in [-0.39, 0.29) is 12.1 Å². The van der Waals surface area contributed by atoms with Crippen LogP contribution >= 0.6 is 0 Å². The standard InChI is InChI=1S/C14H16N4O2/c19-14(15-9-10-5-7-16-18-10)17-12-6-8-20-13-4-2-1-3-11(12)13/h1-5,7,12H,6,8-9H2,(H,16,18)(H2,15,17,19)/t12-/m0/s1. The van der Waals surface area contributed by atoms with Crippen LogP contribution in [-0.4, -0.2) is 22.8 Å². The number of benzene rings is 1. The smallest absolute Gasteiger partial charge is 0.315 e. The minimum atomic E-state index is -0.193. The van der Waals surface area contributed by atoms with Gasteiger partial charge in [0.2, 0.25) is 0 Å². The summed E-state index contributed by atoms with van der Waals surface area (Å²) in [7, 11) is 0. The molecule has 0 spiro atoms. The first-order valence-electron chi connectivity index (χ1n) is 6.57. The van der Waals surface area contributed by atoms with E-state index < -0.39 is 0 Å². The number of hydrogen-bond donors (Lipinski definition) is 3. The maximum Gasteiger partial charge on any atom is 0.315 e. The van der Waals surface area contributed by atoms with Gasteiger partial charge in [0, 0.05) is 18.2 Å². The summed E-state index contributed by atoms with van der Waals surface area (Å²) in [5.41, 5.74) is 1.89. The summed E-state index contributed by atoms with van der Waals surface area (Å²) in [6, 6.07) is 9.40. The number of nitrogens with one attached hydrogen (secondary N) is 3. The Morgan fingerprint density at radius 3 is 3.15 bits per heavy atom. The zero-order valence-electron chi connectivity index (χ0n) is 10.9. The number of carbonyl (C=O) groups excluding carboxylic acids is 1. The van der Waals surface area contributed by atoms with Crippen molar-refractivity contribution in [3.05, 3.63) is 47.8 Å². The van der Waals surface area contributed by atoms with Gasteiger partial charge in [-0.2, -0.15) is 5.10 Å². The van der Waals surface area contributed by atoms with Gasteiger partial charge in [-0.3, -0.25) is 5.10 Å². The molecule has 2 aromatic rings. The summed E-state index contributed by atoms with van der Waals surface area (Å²) in [5, 5.41) is 12.4. The van der Waals surface area contributed by atoms with Crippen molar-refractivity contribution in [1.29, 1.82) is 0 Å². The number of nitrogens with zero attached hydrogens (tertiary/aromatic N) is 1. The molecule has 3 rings (SSSR count). The van der Waals surface area contributed by atoms with Gasteiger partial charge in [0.05, 0.1) is 24.9 Å². The Morgan fingerprint density at radius 2 is 2.30 bits per heavy atom. The number of ether oxygens (including phenoxy) is 1. The predicted octanol–water partition coefficient (Wildman–Crippen LogP) is 1.73.